The smallest absolute Gasteiger partial charge is 0.127 e. The average Bonchev–Trinajstić information content (AvgIpc) is 2.49. The van der Waals surface area contributed by atoms with Gasteiger partial charge in [0.15, 0.2) is 0 Å². The fourth-order valence-electron chi connectivity index (χ4n) is 2.60. The lowest BCUT2D eigenvalue weighted by molar-refractivity contribution is 0.404. The molecule has 2 aromatic rings. The Morgan fingerprint density at radius 3 is 2.19 bits per heavy atom. The monoisotopic (exact) mass is 285 g/mol. The van der Waals surface area contributed by atoms with Crippen LogP contribution >= 0.6 is 0 Å². The summed E-state index contributed by atoms with van der Waals surface area (Å²) in [5.41, 5.74) is 11.9. The van der Waals surface area contributed by atoms with Gasteiger partial charge in [-0.1, -0.05) is 24.3 Å². The fraction of sp³-hybridized carbons (Fsp3) is 0.333. The normalized spacial score (nSPS) is 12.1. The van der Waals surface area contributed by atoms with Crippen molar-refractivity contribution in [1.82, 2.24) is 0 Å². The Morgan fingerprint density at radius 2 is 1.62 bits per heavy atom. The summed E-state index contributed by atoms with van der Waals surface area (Å²) in [7, 11) is 3.37. The summed E-state index contributed by atoms with van der Waals surface area (Å²) in [6.45, 7) is 6.15. The summed E-state index contributed by atoms with van der Waals surface area (Å²) in [6.07, 6.45) is 0. The quantitative estimate of drug-likeness (QED) is 0.932. The lowest BCUT2D eigenvalue weighted by Gasteiger charge is -2.20. The Labute approximate surface area is 126 Å². The summed E-state index contributed by atoms with van der Waals surface area (Å²) in [5, 5.41) is 0. The van der Waals surface area contributed by atoms with E-state index in [0.29, 0.717) is 0 Å². The van der Waals surface area contributed by atoms with Crippen molar-refractivity contribution < 1.29 is 9.47 Å². The molecule has 0 heterocycles. The van der Waals surface area contributed by atoms with Gasteiger partial charge in [0.05, 0.1) is 20.3 Å². The van der Waals surface area contributed by atoms with Crippen molar-refractivity contribution in [2.75, 3.05) is 14.2 Å². The molecule has 0 amide bonds. The molecule has 21 heavy (non-hydrogen) atoms. The lowest BCUT2D eigenvalue weighted by Crippen LogP contribution is -2.14. The maximum Gasteiger partial charge on any atom is 0.127 e. The average molecular weight is 285 g/mol. The van der Waals surface area contributed by atoms with E-state index < -0.39 is 0 Å². The van der Waals surface area contributed by atoms with Crippen molar-refractivity contribution in [3.63, 3.8) is 0 Å². The summed E-state index contributed by atoms with van der Waals surface area (Å²) >= 11 is 0. The number of benzene rings is 2. The number of hydrogen-bond donors (Lipinski definition) is 1. The van der Waals surface area contributed by atoms with E-state index in [1.807, 2.05) is 25.1 Å². The predicted molar refractivity (Wildman–Crippen MR) is 86.2 cm³/mol. The van der Waals surface area contributed by atoms with Crippen molar-refractivity contribution in [3.8, 4) is 11.5 Å². The van der Waals surface area contributed by atoms with E-state index in [2.05, 4.69) is 26.0 Å². The highest BCUT2D eigenvalue weighted by molar-refractivity contribution is 5.50. The van der Waals surface area contributed by atoms with Crippen LogP contribution in [-0.2, 0) is 0 Å². The number of rotatable bonds is 4. The van der Waals surface area contributed by atoms with Gasteiger partial charge >= 0.3 is 0 Å². The van der Waals surface area contributed by atoms with E-state index in [-0.39, 0.29) is 6.04 Å². The first-order valence-electron chi connectivity index (χ1n) is 7.03. The first-order chi connectivity index (χ1) is 9.99. The molecule has 0 aromatic heterocycles. The minimum atomic E-state index is -0.219. The Hall–Kier alpha value is -2.00. The zero-order valence-corrected chi connectivity index (χ0v) is 13.4. The van der Waals surface area contributed by atoms with Gasteiger partial charge in [0, 0.05) is 5.56 Å². The highest BCUT2D eigenvalue weighted by Gasteiger charge is 2.17. The third kappa shape index (κ3) is 2.88. The largest absolute Gasteiger partial charge is 0.496 e. The molecule has 1 atom stereocenters. The van der Waals surface area contributed by atoms with Crippen LogP contribution in [0.1, 0.15) is 33.9 Å². The Bertz CT molecular complexity index is 650. The topological polar surface area (TPSA) is 44.5 Å². The summed E-state index contributed by atoms with van der Waals surface area (Å²) in [4.78, 5) is 0. The molecule has 0 aliphatic carbocycles. The van der Waals surface area contributed by atoms with Crippen molar-refractivity contribution in [2.45, 2.75) is 26.8 Å². The predicted octanol–water partition coefficient (Wildman–Crippen LogP) is 3.68. The molecule has 0 spiro atoms. The minimum absolute atomic E-state index is 0.219. The number of hydrogen-bond acceptors (Lipinski definition) is 3. The van der Waals surface area contributed by atoms with E-state index in [1.54, 1.807) is 14.2 Å². The molecule has 0 saturated carbocycles. The molecule has 0 radical (unpaired) electrons. The van der Waals surface area contributed by atoms with E-state index in [9.17, 15) is 0 Å². The third-order valence-electron chi connectivity index (χ3n) is 4.02. The molecule has 1 unspecified atom stereocenters. The van der Waals surface area contributed by atoms with Gasteiger partial charge in [-0.25, -0.2) is 0 Å². The standard InChI is InChI=1S/C18H23NO2/c1-11-6-8-15(18(21-5)13(11)3)17(19)14-7-9-16(20-4)12(2)10-14/h6-10,17H,19H2,1-5H3. The molecule has 0 aliphatic rings. The SMILES string of the molecule is COc1ccc(C(N)c2ccc(C)c(C)c2OC)cc1C. The van der Waals surface area contributed by atoms with E-state index in [4.69, 9.17) is 15.2 Å². The molecule has 0 saturated heterocycles. The van der Waals surface area contributed by atoms with Crippen LogP contribution in [0.4, 0.5) is 0 Å². The zero-order chi connectivity index (χ0) is 15.6. The van der Waals surface area contributed by atoms with Crippen molar-refractivity contribution in [2.24, 2.45) is 5.73 Å². The third-order valence-corrected chi connectivity index (χ3v) is 4.02. The summed E-state index contributed by atoms with van der Waals surface area (Å²) in [5.74, 6) is 1.74. The fourth-order valence-corrected chi connectivity index (χ4v) is 2.60. The minimum Gasteiger partial charge on any atom is -0.496 e. The van der Waals surface area contributed by atoms with Crippen LogP contribution in [-0.4, -0.2) is 14.2 Å². The molecule has 3 nitrogen and oxygen atoms in total. The second-order valence-electron chi connectivity index (χ2n) is 5.34. The molecule has 2 rings (SSSR count). The lowest BCUT2D eigenvalue weighted by atomic mass is 9.94. The number of nitrogens with two attached hydrogens (primary N) is 1. The van der Waals surface area contributed by atoms with Crippen LogP contribution < -0.4 is 15.2 Å². The molecule has 0 aliphatic heterocycles. The van der Waals surface area contributed by atoms with Crippen LogP contribution in [0.15, 0.2) is 30.3 Å². The second-order valence-corrected chi connectivity index (χ2v) is 5.34. The Morgan fingerprint density at radius 1 is 0.905 bits per heavy atom. The van der Waals surface area contributed by atoms with Crippen molar-refractivity contribution in [1.29, 1.82) is 0 Å². The molecule has 3 heteroatoms. The van der Waals surface area contributed by atoms with Gasteiger partial charge in [-0.3, -0.25) is 0 Å². The molecule has 2 aromatic carbocycles. The van der Waals surface area contributed by atoms with E-state index >= 15 is 0 Å². The highest BCUT2D eigenvalue weighted by atomic mass is 16.5. The first-order valence-corrected chi connectivity index (χ1v) is 7.03. The molecule has 0 bridgehead atoms. The van der Waals surface area contributed by atoms with Crippen LogP contribution in [0.3, 0.4) is 0 Å². The molecule has 2 N–H and O–H groups in total. The van der Waals surface area contributed by atoms with Crippen molar-refractivity contribution in [3.05, 3.63) is 58.1 Å². The highest BCUT2D eigenvalue weighted by Crippen LogP contribution is 2.34. The number of ether oxygens (including phenoxy) is 2. The maximum absolute atomic E-state index is 6.45. The van der Waals surface area contributed by atoms with Crippen LogP contribution in [0.2, 0.25) is 0 Å². The van der Waals surface area contributed by atoms with Gasteiger partial charge in [0.2, 0.25) is 0 Å². The zero-order valence-electron chi connectivity index (χ0n) is 13.4. The van der Waals surface area contributed by atoms with Gasteiger partial charge in [-0.05, 0) is 49.1 Å². The molecule has 0 fully saturated rings. The molecular formula is C18H23NO2. The van der Waals surface area contributed by atoms with E-state index in [1.165, 1.54) is 5.56 Å². The first kappa shape index (κ1) is 15.4. The van der Waals surface area contributed by atoms with E-state index in [0.717, 1.165) is 33.8 Å². The Balaban J connectivity index is 2.47. The van der Waals surface area contributed by atoms with Gasteiger partial charge in [-0.15, -0.1) is 0 Å². The van der Waals surface area contributed by atoms with Crippen molar-refractivity contribution >= 4 is 0 Å². The molecule has 112 valence electrons. The second kappa shape index (κ2) is 6.19. The Kier molecular flexibility index (Phi) is 4.53. The summed E-state index contributed by atoms with van der Waals surface area (Å²) in [6, 6.07) is 9.94. The van der Waals surface area contributed by atoms with Gasteiger partial charge < -0.3 is 15.2 Å². The van der Waals surface area contributed by atoms with Gasteiger partial charge in [0.25, 0.3) is 0 Å². The van der Waals surface area contributed by atoms with Crippen LogP contribution in [0.5, 0.6) is 11.5 Å². The van der Waals surface area contributed by atoms with Gasteiger partial charge in [-0.2, -0.15) is 0 Å². The van der Waals surface area contributed by atoms with Crippen LogP contribution in [0.25, 0.3) is 0 Å². The number of aryl methyl sites for hydroxylation is 2. The maximum atomic E-state index is 6.45. The van der Waals surface area contributed by atoms with Crippen LogP contribution in [0, 0.1) is 20.8 Å². The van der Waals surface area contributed by atoms with Gasteiger partial charge in [0.1, 0.15) is 11.5 Å². The summed E-state index contributed by atoms with van der Waals surface area (Å²) < 4.78 is 10.9. The number of methoxy groups -OCH3 is 2. The molecular weight excluding hydrogens is 262 g/mol.